The van der Waals surface area contributed by atoms with Crippen LogP contribution in [-0.2, 0) is 24.2 Å². The quantitative estimate of drug-likeness (QED) is 0.275. The van der Waals surface area contributed by atoms with E-state index in [1.165, 1.54) is 10.4 Å². The molecular formula is C29H32N8O2S. The van der Waals surface area contributed by atoms with Crippen molar-refractivity contribution in [2.24, 2.45) is 5.92 Å². The molecule has 0 unspecified atom stereocenters. The van der Waals surface area contributed by atoms with E-state index in [-0.39, 0.29) is 11.8 Å². The van der Waals surface area contributed by atoms with Crippen LogP contribution in [0.1, 0.15) is 22.4 Å². The molecule has 10 nitrogen and oxygen atoms in total. The van der Waals surface area contributed by atoms with Crippen LogP contribution in [0.15, 0.2) is 49.2 Å². The predicted octanol–water partition coefficient (Wildman–Crippen LogP) is 4.41. The number of anilines is 2. The summed E-state index contributed by atoms with van der Waals surface area (Å²) in [7, 11) is 5.72. The molecule has 0 saturated carbocycles. The Labute approximate surface area is 236 Å². The molecule has 11 heteroatoms. The lowest BCUT2D eigenvalue weighted by atomic mass is 9.86. The SMILES string of the molecule is COc1cc2[nH]ncc2cc1Nc1ncnc2sc3c(c12)CC[C@H](C(=O)N(CCN(C)C)Cc1ccncc1)C3. The van der Waals surface area contributed by atoms with Crippen molar-refractivity contribution < 1.29 is 9.53 Å². The fraction of sp³-hybridized carbons (Fsp3) is 0.345. The fourth-order valence-corrected chi connectivity index (χ4v) is 6.60. The van der Waals surface area contributed by atoms with Gasteiger partial charge in [0.05, 0.1) is 29.9 Å². The Bertz CT molecular complexity index is 1650. The number of ether oxygens (including phenoxy) is 1. The number of nitrogens with zero attached hydrogens (tertiary/aromatic N) is 6. The van der Waals surface area contributed by atoms with Gasteiger partial charge in [-0.3, -0.25) is 14.9 Å². The van der Waals surface area contributed by atoms with E-state index in [0.717, 1.165) is 57.6 Å². The van der Waals surface area contributed by atoms with E-state index in [2.05, 4.69) is 35.4 Å². The van der Waals surface area contributed by atoms with Crippen LogP contribution in [-0.4, -0.2) is 75.2 Å². The Hall–Kier alpha value is -4.09. The van der Waals surface area contributed by atoms with Crippen molar-refractivity contribution in [3.8, 4) is 5.75 Å². The number of pyridine rings is 1. The van der Waals surface area contributed by atoms with Crippen LogP contribution in [0, 0.1) is 5.92 Å². The zero-order valence-electron chi connectivity index (χ0n) is 22.8. The number of H-pyrrole nitrogens is 1. The van der Waals surface area contributed by atoms with Crippen LogP contribution in [0.25, 0.3) is 21.1 Å². The second kappa shape index (κ2) is 11.2. The Kier molecular flexibility index (Phi) is 7.31. The monoisotopic (exact) mass is 556 g/mol. The average molecular weight is 557 g/mol. The fourth-order valence-electron chi connectivity index (χ4n) is 5.34. The van der Waals surface area contributed by atoms with E-state index in [4.69, 9.17) is 4.74 Å². The van der Waals surface area contributed by atoms with Crippen molar-refractivity contribution in [3.63, 3.8) is 0 Å². The highest BCUT2D eigenvalue weighted by Gasteiger charge is 2.32. The Morgan fingerprint density at radius 1 is 1.20 bits per heavy atom. The molecule has 0 radical (unpaired) electrons. The maximum atomic E-state index is 13.8. The van der Waals surface area contributed by atoms with Crippen LogP contribution in [0.5, 0.6) is 5.75 Å². The molecule has 4 aromatic heterocycles. The largest absolute Gasteiger partial charge is 0.494 e. The average Bonchev–Trinajstić information content (AvgIpc) is 3.58. The summed E-state index contributed by atoms with van der Waals surface area (Å²) in [6.45, 7) is 2.09. The molecule has 1 amide bonds. The van der Waals surface area contributed by atoms with Gasteiger partial charge in [-0.05, 0) is 62.7 Å². The van der Waals surface area contributed by atoms with E-state index in [9.17, 15) is 4.79 Å². The number of carbonyl (C=O) groups is 1. The normalized spacial score (nSPS) is 14.9. The molecular weight excluding hydrogens is 524 g/mol. The summed E-state index contributed by atoms with van der Waals surface area (Å²) in [6, 6.07) is 7.89. The van der Waals surface area contributed by atoms with Gasteiger partial charge in [0, 0.05) is 54.3 Å². The van der Waals surface area contributed by atoms with Gasteiger partial charge in [0.15, 0.2) is 0 Å². The Morgan fingerprint density at radius 2 is 2.05 bits per heavy atom. The zero-order valence-corrected chi connectivity index (χ0v) is 23.7. The number of nitrogens with one attached hydrogen (secondary N) is 2. The molecule has 0 saturated heterocycles. The number of carbonyl (C=O) groups excluding carboxylic acids is 1. The smallest absolute Gasteiger partial charge is 0.226 e. The Morgan fingerprint density at radius 3 is 2.85 bits per heavy atom. The number of aryl methyl sites for hydroxylation is 1. The first-order valence-corrected chi connectivity index (χ1v) is 14.2. The molecule has 1 aliphatic rings. The van der Waals surface area contributed by atoms with Gasteiger partial charge in [0.2, 0.25) is 5.91 Å². The van der Waals surface area contributed by atoms with E-state index < -0.39 is 0 Å². The summed E-state index contributed by atoms with van der Waals surface area (Å²) < 4.78 is 5.64. The molecule has 6 rings (SSSR count). The molecule has 0 spiro atoms. The van der Waals surface area contributed by atoms with Gasteiger partial charge in [0.25, 0.3) is 0 Å². The third-order valence-electron chi connectivity index (χ3n) is 7.46. The number of amides is 1. The highest BCUT2D eigenvalue weighted by atomic mass is 32.1. The van der Waals surface area contributed by atoms with Crippen LogP contribution >= 0.6 is 11.3 Å². The summed E-state index contributed by atoms with van der Waals surface area (Å²) >= 11 is 1.67. The number of rotatable bonds is 9. The number of hydrogen-bond acceptors (Lipinski definition) is 9. The first-order chi connectivity index (χ1) is 19.5. The van der Waals surface area contributed by atoms with Crippen molar-refractivity contribution in [2.75, 3.05) is 39.6 Å². The molecule has 4 heterocycles. The zero-order chi connectivity index (χ0) is 27.6. The number of aromatic amines is 1. The first-order valence-electron chi connectivity index (χ1n) is 13.4. The van der Waals surface area contributed by atoms with E-state index in [1.807, 2.05) is 43.3 Å². The van der Waals surface area contributed by atoms with Crippen molar-refractivity contribution in [1.82, 2.24) is 34.9 Å². The van der Waals surface area contributed by atoms with Crippen molar-refractivity contribution in [1.29, 1.82) is 0 Å². The number of hydrogen-bond donors (Lipinski definition) is 2. The number of methoxy groups -OCH3 is 1. The Balaban J connectivity index is 1.27. The third-order valence-corrected chi connectivity index (χ3v) is 8.62. The van der Waals surface area contributed by atoms with Gasteiger partial charge in [-0.1, -0.05) is 0 Å². The van der Waals surface area contributed by atoms with Crippen LogP contribution in [0.3, 0.4) is 0 Å². The van der Waals surface area contributed by atoms with Gasteiger partial charge in [-0.25, -0.2) is 9.97 Å². The van der Waals surface area contributed by atoms with Gasteiger partial charge in [-0.2, -0.15) is 5.10 Å². The van der Waals surface area contributed by atoms with Gasteiger partial charge < -0.3 is 19.9 Å². The van der Waals surface area contributed by atoms with Crippen LogP contribution < -0.4 is 10.1 Å². The van der Waals surface area contributed by atoms with Crippen molar-refractivity contribution in [3.05, 3.63) is 65.2 Å². The highest BCUT2D eigenvalue weighted by molar-refractivity contribution is 7.19. The first kappa shape index (κ1) is 26.1. The summed E-state index contributed by atoms with van der Waals surface area (Å²) in [4.78, 5) is 33.4. The second-order valence-electron chi connectivity index (χ2n) is 10.4. The maximum Gasteiger partial charge on any atom is 0.226 e. The summed E-state index contributed by atoms with van der Waals surface area (Å²) in [6.07, 6.45) is 9.26. The van der Waals surface area contributed by atoms with E-state index in [0.29, 0.717) is 25.3 Å². The van der Waals surface area contributed by atoms with Crippen molar-refractivity contribution in [2.45, 2.75) is 25.8 Å². The number of thiophene rings is 1. The van der Waals surface area contributed by atoms with E-state index >= 15 is 0 Å². The number of likely N-dealkylation sites (N-methyl/N-ethyl adjacent to an activating group) is 1. The molecule has 1 aliphatic carbocycles. The third kappa shape index (κ3) is 5.22. The minimum Gasteiger partial charge on any atom is -0.494 e. The number of fused-ring (bicyclic) bond motifs is 4. The summed E-state index contributed by atoms with van der Waals surface area (Å²) in [5, 5.41) is 12.6. The lowest BCUT2D eigenvalue weighted by Gasteiger charge is -2.30. The molecule has 206 valence electrons. The topological polar surface area (TPSA) is 112 Å². The minimum atomic E-state index is -0.0578. The minimum absolute atomic E-state index is 0.0578. The predicted molar refractivity (Wildman–Crippen MR) is 157 cm³/mol. The lowest BCUT2D eigenvalue weighted by molar-refractivity contribution is -0.136. The lowest BCUT2D eigenvalue weighted by Crippen LogP contribution is -2.41. The molecule has 0 aliphatic heterocycles. The standard InChI is InChI=1S/C29H32N8O2S/c1-36(2)10-11-37(16-18-6-8-30-9-7-18)29(38)19-4-5-21-25(13-19)40-28-26(21)27(31-17-32-28)34-23-12-20-15-33-35-22(20)14-24(23)39-3/h6-9,12,14-15,17,19H,4-5,10-11,13,16H2,1-3H3,(H,33,35)(H,31,32,34)/t19-/m0/s1. The molecule has 1 atom stereocenters. The molecule has 40 heavy (non-hydrogen) atoms. The van der Waals surface area contributed by atoms with Gasteiger partial charge >= 0.3 is 0 Å². The molecule has 0 bridgehead atoms. The second-order valence-corrected chi connectivity index (χ2v) is 11.5. The van der Waals surface area contributed by atoms with Crippen molar-refractivity contribution >= 4 is 49.9 Å². The summed E-state index contributed by atoms with van der Waals surface area (Å²) in [5.74, 6) is 1.60. The van der Waals surface area contributed by atoms with Crippen LogP contribution in [0.4, 0.5) is 11.5 Å². The molecule has 1 aromatic carbocycles. The van der Waals surface area contributed by atoms with E-state index in [1.54, 1.807) is 43.4 Å². The summed E-state index contributed by atoms with van der Waals surface area (Å²) in [5.41, 5.74) is 4.05. The highest BCUT2D eigenvalue weighted by Crippen LogP contribution is 2.42. The van der Waals surface area contributed by atoms with Crippen LogP contribution in [0.2, 0.25) is 0 Å². The molecule has 5 aromatic rings. The number of benzene rings is 1. The number of aromatic nitrogens is 5. The molecule has 0 fully saturated rings. The molecule has 2 N–H and O–H groups in total. The van der Waals surface area contributed by atoms with Gasteiger partial charge in [-0.15, -0.1) is 11.3 Å². The van der Waals surface area contributed by atoms with Gasteiger partial charge in [0.1, 0.15) is 22.7 Å². The maximum absolute atomic E-state index is 13.8.